The number of nitrogens with zero attached hydrogens (tertiary/aromatic N) is 1. The second kappa shape index (κ2) is 2.95. The molecule has 1 saturated carbocycles. The Balaban J connectivity index is 1.90. The van der Waals surface area contributed by atoms with Crippen molar-refractivity contribution < 1.29 is 0 Å². The summed E-state index contributed by atoms with van der Waals surface area (Å²) in [7, 11) is 0. The van der Waals surface area contributed by atoms with Gasteiger partial charge in [0.15, 0.2) is 0 Å². The van der Waals surface area contributed by atoms with Crippen LogP contribution >= 0.6 is 0 Å². The zero-order chi connectivity index (χ0) is 9.54. The minimum absolute atomic E-state index is 0.0311. The van der Waals surface area contributed by atoms with E-state index >= 15 is 0 Å². The van der Waals surface area contributed by atoms with E-state index < -0.39 is 0 Å². The number of aromatic nitrogens is 1. The highest BCUT2D eigenvalue weighted by molar-refractivity contribution is 5.22. The van der Waals surface area contributed by atoms with Crippen molar-refractivity contribution in [3.05, 3.63) is 33.7 Å². The van der Waals surface area contributed by atoms with E-state index in [4.69, 9.17) is 0 Å². The average Bonchev–Trinajstić information content (AvgIpc) is 3.00. The summed E-state index contributed by atoms with van der Waals surface area (Å²) >= 11 is 0. The molecule has 0 atom stereocenters. The third-order valence-corrected chi connectivity index (χ3v) is 3.18. The molecule has 14 heavy (non-hydrogen) atoms. The normalized spacial score (nSPS) is 22.0. The lowest BCUT2D eigenvalue weighted by atomic mass is 10.1. The summed E-state index contributed by atoms with van der Waals surface area (Å²) in [4.78, 5) is 16.6. The lowest BCUT2D eigenvalue weighted by Crippen LogP contribution is -2.33. The van der Waals surface area contributed by atoms with E-state index in [9.17, 15) is 4.79 Å². The molecule has 0 aromatic carbocycles. The van der Waals surface area contributed by atoms with Gasteiger partial charge in [-0.25, -0.2) is 0 Å². The molecule has 2 heterocycles. The molecule has 1 aliphatic heterocycles. The van der Waals surface area contributed by atoms with Gasteiger partial charge in [-0.1, -0.05) is 6.07 Å². The largest absolute Gasteiger partial charge is 0.326 e. The molecular formula is C11H14N2O. The van der Waals surface area contributed by atoms with Gasteiger partial charge in [0.25, 0.3) is 0 Å². The molecule has 0 amide bonds. The fourth-order valence-electron chi connectivity index (χ4n) is 2.22. The number of hydrogen-bond acceptors (Lipinski definition) is 2. The maximum absolute atomic E-state index is 11.1. The number of rotatable bonds is 1. The Morgan fingerprint density at radius 1 is 1.36 bits per heavy atom. The first-order valence-electron chi connectivity index (χ1n) is 5.28. The summed E-state index contributed by atoms with van der Waals surface area (Å²) in [6.45, 7) is 2.13. The van der Waals surface area contributed by atoms with Gasteiger partial charge in [-0.2, -0.15) is 0 Å². The Morgan fingerprint density at radius 2 is 2.21 bits per heavy atom. The Morgan fingerprint density at radius 3 is 3.00 bits per heavy atom. The Hall–Kier alpha value is -1.09. The Bertz CT molecular complexity index is 406. The second-order valence-corrected chi connectivity index (χ2v) is 4.28. The molecule has 74 valence electrons. The highest BCUT2D eigenvalue weighted by Crippen LogP contribution is 2.30. The number of nitrogens with one attached hydrogen (secondary N) is 1. The van der Waals surface area contributed by atoms with Crippen LogP contribution in [0.2, 0.25) is 0 Å². The first-order valence-corrected chi connectivity index (χ1v) is 5.28. The minimum Gasteiger partial charge on any atom is -0.326 e. The van der Waals surface area contributed by atoms with Gasteiger partial charge in [-0.3, -0.25) is 9.69 Å². The molecule has 1 aliphatic carbocycles. The van der Waals surface area contributed by atoms with Crippen molar-refractivity contribution in [1.29, 1.82) is 0 Å². The van der Waals surface area contributed by atoms with Gasteiger partial charge in [-0.15, -0.1) is 0 Å². The van der Waals surface area contributed by atoms with E-state index in [1.54, 1.807) is 6.07 Å². The summed E-state index contributed by atoms with van der Waals surface area (Å²) in [5.74, 6) is 0. The van der Waals surface area contributed by atoms with Crippen LogP contribution in [0.15, 0.2) is 16.9 Å². The van der Waals surface area contributed by atoms with Crippen molar-refractivity contribution in [3.8, 4) is 0 Å². The third-order valence-electron chi connectivity index (χ3n) is 3.18. The smallest absolute Gasteiger partial charge is 0.248 e. The lowest BCUT2D eigenvalue weighted by Gasteiger charge is -2.28. The topological polar surface area (TPSA) is 36.1 Å². The SMILES string of the molecule is O=c1ccc2c([nH]1)CCN(C1CC1)C2. The predicted molar refractivity (Wildman–Crippen MR) is 54.2 cm³/mol. The fourth-order valence-corrected chi connectivity index (χ4v) is 2.22. The predicted octanol–water partition coefficient (Wildman–Crippen LogP) is 0.895. The van der Waals surface area contributed by atoms with Crippen LogP contribution < -0.4 is 5.56 Å². The Labute approximate surface area is 82.8 Å². The zero-order valence-electron chi connectivity index (χ0n) is 8.12. The quantitative estimate of drug-likeness (QED) is 0.714. The van der Waals surface area contributed by atoms with Crippen molar-refractivity contribution in [3.63, 3.8) is 0 Å². The average molecular weight is 190 g/mol. The zero-order valence-corrected chi connectivity index (χ0v) is 8.12. The molecule has 0 saturated heterocycles. The number of aromatic amines is 1. The third kappa shape index (κ3) is 1.38. The molecule has 0 unspecified atom stereocenters. The monoisotopic (exact) mass is 190 g/mol. The van der Waals surface area contributed by atoms with Gasteiger partial charge in [0.2, 0.25) is 5.56 Å². The molecule has 3 nitrogen and oxygen atoms in total. The van der Waals surface area contributed by atoms with Crippen molar-refractivity contribution >= 4 is 0 Å². The summed E-state index contributed by atoms with van der Waals surface area (Å²) in [5, 5.41) is 0. The van der Waals surface area contributed by atoms with Gasteiger partial charge in [0, 0.05) is 37.3 Å². The summed E-state index contributed by atoms with van der Waals surface area (Å²) < 4.78 is 0. The molecule has 0 radical (unpaired) electrons. The van der Waals surface area contributed by atoms with Crippen molar-refractivity contribution in [1.82, 2.24) is 9.88 Å². The van der Waals surface area contributed by atoms with E-state index in [0.717, 1.165) is 31.2 Å². The number of hydrogen-bond donors (Lipinski definition) is 1. The first kappa shape index (κ1) is 8.24. The molecule has 1 N–H and O–H groups in total. The van der Waals surface area contributed by atoms with Gasteiger partial charge in [-0.05, 0) is 18.4 Å². The van der Waals surface area contributed by atoms with E-state index in [0.29, 0.717) is 0 Å². The maximum Gasteiger partial charge on any atom is 0.248 e. The van der Waals surface area contributed by atoms with Crippen LogP contribution in [0.1, 0.15) is 24.1 Å². The van der Waals surface area contributed by atoms with Crippen LogP contribution in [0.25, 0.3) is 0 Å². The number of pyridine rings is 1. The fraction of sp³-hybridized carbons (Fsp3) is 0.545. The second-order valence-electron chi connectivity index (χ2n) is 4.28. The van der Waals surface area contributed by atoms with E-state index in [1.807, 2.05) is 6.07 Å². The van der Waals surface area contributed by atoms with E-state index in [1.165, 1.54) is 18.4 Å². The van der Waals surface area contributed by atoms with E-state index in [2.05, 4.69) is 9.88 Å². The maximum atomic E-state index is 11.1. The summed E-state index contributed by atoms with van der Waals surface area (Å²) in [5.41, 5.74) is 2.49. The molecule has 1 fully saturated rings. The highest BCUT2D eigenvalue weighted by Gasteiger charge is 2.31. The molecule has 3 heteroatoms. The van der Waals surface area contributed by atoms with Gasteiger partial charge in [0.1, 0.15) is 0 Å². The minimum atomic E-state index is 0.0311. The van der Waals surface area contributed by atoms with Crippen LogP contribution in [0.3, 0.4) is 0 Å². The number of H-pyrrole nitrogens is 1. The molecular weight excluding hydrogens is 176 g/mol. The molecule has 2 aliphatic rings. The summed E-state index contributed by atoms with van der Waals surface area (Å²) in [6.07, 6.45) is 3.72. The van der Waals surface area contributed by atoms with Crippen LogP contribution in [0.5, 0.6) is 0 Å². The van der Waals surface area contributed by atoms with E-state index in [-0.39, 0.29) is 5.56 Å². The molecule has 1 aromatic heterocycles. The Kier molecular flexibility index (Phi) is 1.74. The van der Waals surface area contributed by atoms with Crippen LogP contribution in [-0.4, -0.2) is 22.5 Å². The summed E-state index contributed by atoms with van der Waals surface area (Å²) in [6, 6.07) is 4.44. The van der Waals surface area contributed by atoms with Crippen LogP contribution in [0.4, 0.5) is 0 Å². The first-order chi connectivity index (χ1) is 6.83. The van der Waals surface area contributed by atoms with Gasteiger partial charge >= 0.3 is 0 Å². The van der Waals surface area contributed by atoms with Crippen molar-refractivity contribution in [2.45, 2.75) is 31.8 Å². The van der Waals surface area contributed by atoms with Crippen molar-refractivity contribution in [2.75, 3.05) is 6.54 Å². The number of fused-ring (bicyclic) bond motifs is 1. The molecule has 3 rings (SSSR count). The van der Waals surface area contributed by atoms with Gasteiger partial charge in [0.05, 0.1) is 0 Å². The lowest BCUT2D eigenvalue weighted by molar-refractivity contribution is 0.241. The van der Waals surface area contributed by atoms with Crippen molar-refractivity contribution in [2.24, 2.45) is 0 Å². The van der Waals surface area contributed by atoms with Crippen LogP contribution in [-0.2, 0) is 13.0 Å². The molecule has 1 aromatic rings. The van der Waals surface area contributed by atoms with Crippen LogP contribution in [0, 0.1) is 0 Å². The van der Waals surface area contributed by atoms with Gasteiger partial charge < -0.3 is 4.98 Å². The molecule has 0 spiro atoms. The molecule has 0 bridgehead atoms. The highest BCUT2D eigenvalue weighted by atomic mass is 16.1. The standard InChI is InChI=1S/C11H14N2O/c14-11-4-1-8-7-13(9-2-3-9)6-5-10(8)12-11/h1,4,9H,2-3,5-7H2,(H,12,14).